The first-order valence-electron chi connectivity index (χ1n) is 4.67. The number of quaternary nitrogens is 1. The Morgan fingerprint density at radius 3 is 2.25 bits per heavy atom. The third kappa shape index (κ3) is 9.13. The van der Waals surface area contributed by atoms with Gasteiger partial charge in [-0.3, -0.25) is 0 Å². The van der Waals surface area contributed by atoms with Crippen LogP contribution in [0, 0.1) is 0 Å². The van der Waals surface area contributed by atoms with Gasteiger partial charge in [-0.05, 0) is 24.9 Å². The van der Waals surface area contributed by atoms with Crippen LogP contribution in [0.5, 0.6) is 0 Å². The minimum atomic E-state index is 0. The molecule has 1 nitrogen and oxygen atoms in total. The van der Waals surface area contributed by atoms with Gasteiger partial charge in [0.2, 0.25) is 0 Å². The van der Waals surface area contributed by atoms with Gasteiger partial charge < -0.3 is 29.3 Å². The van der Waals surface area contributed by atoms with Crippen molar-refractivity contribution in [2.75, 3.05) is 18.6 Å². The summed E-state index contributed by atoms with van der Waals surface area (Å²) in [6.45, 7) is 5.87. The molecule has 12 heavy (non-hydrogen) atoms. The van der Waals surface area contributed by atoms with Gasteiger partial charge in [0.05, 0.1) is 12.6 Å². The lowest BCUT2D eigenvalue weighted by molar-refractivity contribution is -0.689. The van der Waals surface area contributed by atoms with E-state index in [4.69, 9.17) is 0 Å². The Morgan fingerprint density at radius 1 is 1.25 bits per heavy atom. The molecule has 3 heteroatoms. The molecule has 0 rings (SSSR count). The van der Waals surface area contributed by atoms with E-state index >= 15 is 0 Å². The summed E-state index contributed by atoms with van der Waals surface area (Å²) in [5.74, 6) is 1.32. The van der Waals surface area contributed by atoms with Crippen LogP contribution in [0.15, 0.2) is 0 Å². The molecule has 0 heterocycles. The van der Waals surface area contributed by atoms with Crippen LogP contribution < -0.4 is 29.3 Å². The predicted molar refractivity (Wildman–Crippen MR) is 54.2 cm³/mol. The maximum atomic E-state index is 2.50. The Balaban J connectivity index is 0. The highest BCUT2D eigenvalue weighted by Crippen LogP contribution is 1.93. The molecular formula is C9H22INS. The standard InChI is InChI=1S/C9H21NS.HI/c1-4-9(5-2)10-7-6-8-11-3;/h9-10H,4-8H2,1-3H3;1H. The molecule has 0 aliphatic rings. The molecule has 0 spiro atoms. The Bertz CT molecular complexity index is 76.9. The SMILES string of the molecule is CCC(CC)[NH2+]CCCSC.[I-]. The molecule has 0 aromatic rings. The molecule has 0 radical (unpaired) electrons. The van der Waals surface area contributed by atoms with Gasteiger partial charge in [-0.2, -0.15) is 11.8 Å². The van der Waals surface area contributed by atoms with Gasteiger partial charge in [-0.15, -0.1) is 0 Å². The van der Waals surface area contributed by atoms with E-state index in [-0.39, 0.29) is 24.0 Å². The fourth-order valence-electron chi connectivity index (χ4n) is 1.20. The van der Waals surface area contributed by atoms with Crippen molar-refractivity contribution >= 4 is 11.8 Å². The summed E-state index contributed by atoms with van der Waals surface area (Å²) in [5.41, 5.74) is 0. The molecule has 0 fully saturated rings. The topological polar surface area (TPSA) is 16.6 Å². The van der Waals surface area contributed by atoms with E-state index in [1.165, 1.54) is 31.6 Å². The van der Waals surface area contributed by atoms with E-state index in [9.17, 15) is 0 Å². The highest BCUT2D eigenvalue weighted by Gasteiger charge is 2.03. The van der Waals surface area contributed by atoms with Crippen molar-refractivity contribution in [3.8, 4) is 0 Å². The van der Waals surface area contributed by atoms with E-state index in [0.717, 1.165) is 6.04 Å². The summed E-state index contributed by atoms with van der Waals surface area (Å²) in [5, 5.41) is 2.50. The van der Waals surface area contributed by atoms with Gasteiger partial charge in [-0.25, -0.2) is 0 Å². The Hall–Kier alpha value is 1.04. The molecule has 0 aliphatic heterocycles. The fourth-order valence-corrected chi connectivity index (χ4v) is 1.66. The van der Waals surface area contributed by atoms with Crippen molar-refractivity contribution in [2.24, 2.45) is 0 Å². The molecule has 0 amide bonds. The lowest BCUT2D eigenvalue weighted by Gasteiger charge is -2.10. The van der Waals surface area contributed by atoms with Crippen LogP contribution in [0.4, 0.5) is 0 Å². The normalized spacial score (nSPS) is 10.0. The zero-order chi connectivity index (χ0) is 8.53. The largest absolute Gasteiger partial charge is 1.00 e. The Morgan fingerprint density at radius 2 is 1.83 bits per heavy atom. The summed E-state index contributed by atoms with van der Waals surface area (Å²) >= 11 is 1.95. The number of hydrogen-bond donors (Lipinski definition) is 1. The van der Waals surface area contributed by atoms with Crippen molar-refractivity contribution in [1.29, 1.82) is 0 Å². The van der Waals surface area contributed by atoms with Crippen molar-refractivity contribution in [1.82, 2.24) is 0 Å². The minimum absolute atomic E-state index is 0. The van der Waals surface area contributed by atoms with Gasteiger partial charge in [0.1, 0.15) is 0 Å². The first-order chi connectivity index (χ1) is 5.35. The Kier molecular flexibility index (Phi) is 15.6. The van der Waals surface area contributed by atoms with Crippen molar-refractivity contribution in [2.45, 2.75) is 39.2 Å². The van der Waals surface area contributed by atoms with Crippen molar-refractivity contribution < 1.29 is 29.3 Å². The molecular weight excluding hydrogens is 281 g/mol. The average Bonchev–Trinajstić information content (AvgIpc) is 2.05. The first-order valence-corrected chi connectivity index (χ1v) is 6.06. The molecule has 2 N–H and O–H groups in total. The predicted octanol–water partition coefficient (Wildman–Crippen LogP) is -1.50. The van der Waals surface area contributed by atoms with Gasteiger partial charge in [0.25, 0.3) is 0 Å². The highest BCUT2D eigenvalue weighted by molar-refractivity contribution is 7.98. The zero-order valence-electron chi connectivity index (χ0n) is 8.48. The second kappa shape index (κ2) is 12.0. The monoisotopic (exact) mass is 303 g/mol. The lowest BCUT2D eigenvalue weighted by atomic mass is 10.2. The highest BCUT2D eigenvalue weighted by atomic mass is 127. The van der Waals surface area contributed by atoms with E-state index in [1.54, 1.807) is 0 Å². The van der Waals surface area contributed by atoms with Crippen LogP contribution in [0.2, 0.25) is 0 Å². The van der Waals surface area contributed by atoms with Crippen molar-refractivity contribution in [3.63, 3.8) is 0 Å². The molecule has 0 unspecified atom stereocenters. The second-order valence-electron chi connectivity index (χ2n) is 2.95. The molecule has 76 valence electrons. The summed E-state index contributed by atoms with van der Waals surface area (Å²) in [6.07, 6.45) is 6.17. The third-order valence-electron chi connectivity index (χ3n) is 2.10. The molecule has 0 bridgehead atoms. The third-order valence-corrected chi connectivity index (χ3v) is 2.80. The summed E-state index contributed by atoms with van der Waals surface area (Å²) in [7, 11) is 0. The molecule has 0 aromatic heterocycles. The van der Waals surface area contributed by atoms with E-state index in [1.807, 2.05) is 11.8 Å². The van der Waals surface area contributed by atoms with Crippen LogP contribution in [-0.2, 0) is 0 Å². The number of thioether (sulfide) groups is 1. The summed E-state index contributed by atoms with van der Waals surface area (Å²) < 4.78 is 0. The van der Waals surface area contributed by atoms with Gasteiger partial charge in [0.15, 0.2) is 0 Å². The van der Waals surface area contributed by atoms with Crippen LogP contribution in [0.3, 0.4) is 0 Å². The first kappa shape index (κ1) is 15.5. The molecule has 0 atom stereocenters. The van der Waals surface area contributed by atoms with Crippen LogP contribution in [-0.4, -0.2) is 24.6 Å². The minimum Gasteiger partial charge on any atom is -1.00 e. The van der Waals surface area contributed by atoms with Crippen LogP contribution in [0.25, 0.3) is 0 Å². The molecule has 0 aromatic carbocycles. The molecule has 0 saturated heterocycles. The van der Waals surface area contributed by atoms with Gasteiger partial charge in [-0.1, -0.05) is 13.8 Å². The van der Waals surface area contributed by atoms with E-state index < -0.39 is 0 Å². The maximum Gasteiger partial charge on any atom is 0.0853 e. The number of hydrogen-bond acceptors (Lipinski definition) is 1. The maximum absolute atomic E-state index is 2.50. The second-order valence-corrected chi connectivity index (χ2v) is 3.93. The lowest BCUT2D eigenvalue weighted by Crippen LogP contribution is -3.00. The van der Waals surface area contributed by atoms with Crippen LogP contribution >= 0.6 is 11.8 Å². The molecule has 0 saturated carbocycles. The van der Waals surface area contributed by atoms with Gasteiger partial charge in [0, 0.05) is 6.42 Å². The summed E-state index contributed by atoms with van der Waals surface area (Å²) in [6, 6.07) is 0.872. The van der Waals surface area contributed by atoms with E-state index in [2.05, 4.69) is 25.4 Å². The van der Waals surface area contributed by atoms with Crippen LogP contribution in [0.1, 0.15) is 33.1 Å². The quantitative estimate of drug-likeness (QED) is 0.447. The van der Waals surface area contributed by atoms with Crippen molar-refractivity contribution in [3.05, 3.63) is 0 Å². The van der Waals surface area contributed by atoms with Gasteiger partial charge >= 0.3 is 0 Å². The number of halogens is 1. The smallest absolute Gasteiger partial charge is 0.0853 e. The fraction of sp³-hybridized carbons (Fsp3) is 1.00. The van der Waals surface area contributed by atoms with E-state index in [0.29, 0.717) is 0 Å². The Labute approximate surface area is 98.5 Å². The summed E-state index contributed by atoms with van der Waals surface area (Å²) in [4.78, 5) is 0. The number of nitrogens with two attached hydrogens (primary N) is 1. The number of rotatable bonds is 7. The molecule has 0 aliphatic carbocycles. The zero-order valence-corrected chi connectivity index (χ0v) is 11.5. The average molecular weight is 303 g/mol.